The van der Waals surface area contributed by atoms with E-state index < -0.39 is 5.97 Å². The van der Waals surface area contributed by atoms with Crippen molar-refractivity contribution in [3.63, 3.8) is 0 Å². The van der Waals surface area contributed by atoms with E-state index in [1.165, 1.54) is 24.6 Å². The lowest BCUT2D eigenvalue weighted by Crippen LogP contribution is -2.11. The van der Waals surface area contributed by atoms with Crippen LogP contribution in [0.15, 0.2) is 18.2 Å². The number of esters is 1. The molecule has 0 bridgehead atoms. The van der Waals surface area contributed by atoms with Crippen molar-refractivity contribution in [2.75, 3.05) is 5.73 Å². The normalized spacial score (nSPS) is 10.2. The van der Waals surface area contributed by atoms with Gasteiger partial charge in [-0.05, 0) is 18.6 Å². The number of aromatic carboxylic acids is 1. The molecule has 0 fully saturated rings. The highest BCUT2D eigenvalue weighted by Gasteiger charge is 2.14. The predicted molar refractivity (Wildman–Crippen MR) is 76.8 cm³/mol. The van der Waals surface area contributed by atoms with Crippen molar-refractivity contribution in [1.29, 1.82) is 0 Å². The second-order valence-corrected chi connectivity index (χ2v) is 4.66. The van der Waals surface area contributed by atoms with Crippen LogP contribution in [0, 0.1) is 0 Å². The van der Waals surface area contributed by atoms with E-state index in [4.69, 9.17) is 15.6 Å². The number of para-hydroxylation sites is 1. The number of anilines is 1. The van der Waals surface area contributed by atoms with Crippen LogP contribution < -0.4 is 10.5 Å². The summed E-state index contributed by atoms with van der Waals surface area (Å²) in [5.74, 6) is -1.40. The van der Waals surface area contributed by atoms with Crippen LogP contribution in [0.2, 0.25) is 0 Å². The fourth-order valence-corrected chi connectivity index (χ4v) is 1.87. The summed E-state index contributed by atoms with van der Waals surface area (Å²) in [5.41, 5.74) is 5.60. The molecule has 1 aromatic rings. The fourth-order valence-electron chi connectivity index (χ4n) is 1.87. The number of nitrogen functional groups attached to an aromatic ring is 1. The Labute approximate surface area is 118 Å². The first kappa shape index (κ1) is 16.0. The SMILES string of the molecule is CCCCCCCC(=O)Oc1cccc(C(=O)O)c1N. The van der Waals surface area contributed by atoms with E-state index in [1.807, 2.05) is 0 Å². The van der Waals surface area contributed by atoms with Gasteiger partial charge in [0.05, 0.1) is 11.3 Å². The molecule has 0 atom stereocenters. The fraction of sp³-hybridized carbons (Fsp3) is 0.467. The van der Waals surface area contributed by atoms with Gasteiger partial charge in [-0.3, -0.25) is 4.79 Å². The van der Waals surface area contributed by atoms with Gasteiger partial charge in [-0.15, -0.1) is 0 Å². The summed E-state index contributed by atoms with van der Waals surface area (Å²) in [5, 5.41) is 8.93. The van der Waals surface area contributed by atoms with E-state index in [0.717, 1.165) is 25.7 Å². The van der Waals surface area contributed by atoms with E-state index >= 15 is 0 Å². The summed E-state index contributed by atoms with van der Waals surface area (Å²) >= 11 is 0. The second kappa shape index (κ2) is 8.19. The third kappa shape index (κ3) is 4.91. The maximum absolute atomic E-state index is 11.7. The molecule has 5 nitrogen and oxygen atoms in total. The highest BCUT2D eigenvalue weighted by molar-refractivity contribution is 5.95. The molecule has 110 valence electrons. The summed E-state index contributed by atoms with van der Waals surface area (Å²) in [4.78, 5) is 22.6. The average Bonchev–Trinajstić information content (AvgIpc) is 2.40. The van der Waals surface area contributed by atoms with Crippen molar-refractivity contribution in [1.82, 2.24) is 0 Å². The number of hydrogen-bond donors (Lipinski definition) is 2. The van der Waals surface area contributed by atoms with Crippen LogP contribution in [0.25, 0.3) is 0 Å². The minimum Gasteiger partial charge on any atom is -0.478 e. The molecule has 0 saturated heterocycles. The van der Waals surface area contributed by atoms with Crippen molar-refractivity contribution in [3.05, 3.63) is 23.8 Å². The molecule has 20 heavy (non-hydrogen) atoms. The van der Waals surface area contributed by atoms with Crippen molar-refractivity contribution < 1.29 is 19.4 Å². The molecule has 0 saturated carbocycles. The van der Waals surface area contributed by atoms with Crippen molar-refractivity contribution in [2.24, 2.45) is 0 Å². The van der Waals surface area contributed by atoms with Gasteiger partial charge in [0, 0.05) is 6.42 Å². The number of ether oxygens (including phenoxy) is 1. The molecule has 0 spiro atoms. The van der Waals surface area contributed by atoms with Crippen LogP contribution in [-0.4, -0.2) is 17.0 Å². The smallest absolute Gasteiger partial charge is 0.337 e. The zero-order chi connectivity index (χ0) is 15.0. The Bertz CT molecular complexity index is 471. The Morgan fingerprint density at radius 3 is 2.55 bits per heavy atom. The molecule has 0 aliphatic carbocycles. The summed E-state index contributed by atoms with van der Waals surface area (Å²) in [7, 11) is 0. The highest BCUT2D eigenvalue weighted by atomic mass is 16.5. The number of carboxylic acid groups (broad SMARTS) is 1. The molecule has 0 unspecified atom stereocenters. The molecular formula is C15H21NO4. The first-order valence-corrected chi connectivity index (χ1v) is 6.88. The zero-order valence-corrected chi connectivity index (χ0v) is 11.7. The Morgan fingerprint density at radius 1 is 1.20 bits per heavy atom. The Balaban J connectivity index is 2.50. The largest absolute Gasteiger partial charge is 0.478 e. The van der Waals surface area contributed by atoms with E-state index in [0.29, 0.717) is 6.42 Å². The van der Waals surface area contributed by atoms with Gasteiger partial charge in [-0.2, -0.15) is 0 Å². The molecule has 1 rings (SSSR count). The van der Waals surface area contributed by atoms with Gasteiger partial charge in [0.2, 0.25) is 0 Å². The summed E-state index contributed by atoms with van der Waals surface area (Å²) in [6.07, 6.45) is 5.53. The van der Waals surface area contributed by atoms with Gasteiger partial charge in [0.25, 0.3) is 0 Å². The first-order valence-electron chi connectivity index (χ1n) is 6.88. The average molecular weight is 279 g/mol. The van der Waals surface area contributed by atoms with E-state index in [-0.39, 0.29) is 23.0 Å². The van der Waals surface area contributed by atoms with Crippen LogP contribution in [0.3, 0.4) is 0 Å². The molecule has 0 aromatic heterocycles. The van der Waals surface area contributed by atoms with Crippen LogP contribution >= 0.6 is 0 Å². The van der Waals surface area contributed by atoms with E-state index in [2.05, 4.69) is 6.92 Å². The Morgan fingerprint density at radius 2 is 1.90 bits per heavy atom. The summed E-state index contributed by atoms with van der Waals surface area (Å²) < 4.78 is 5.12. The summed E-state index contributed by atoms with van der Waals surface area (Å²) in [6.45, 7) is 2.13. The minimum absolute atomic E-state index is 0.0145. The molecule has 0 aliphatic heterocycles. The van der Waals surface area contributed by atoms with Gasteiger partial charge >= 0.3 is 11.9 Å². The van der Waals surface area contributed by atoms with Crippen LogP contribution in [-0.2, 0) is 4.79 Å². The lowest BCUT2D eigenvalue weighted by atomic mass is 10.1. The maximum atomic E-state index is 11.7. The molecule has 5 heteroatoms. The lowest BCUT2D eigenvalue weighted by Gasteiger charge is -2.09. The number of benzene rings is 1. The monoisotopic (exact) mass is 279 g/mol. The second-order valence-electron chi connectivity index (χ2n) is 4.66. The maximum Gasteiger partial charge on any atom is 0.337 e. The van der Waals surface area contributed by atoms with E-state index in [9.17, 15) is 9.59 Å². The Kier molecular flexibility index (Phi) is 6.56. The van der Waals surface area contributed by atoms with Gasteiger partial charge < -0.3 is 15.6 Å². The number of rotatable bonds is 8. The standard InChI is InChI=1S/C15H21NO4/c1-2-3-4-5-6-10-13(17)20-12-9-7-8-11(14(12)16)15(18)19/h7-9H,2-6,10,16H2,1H3,(H,18,19). The number of unbranched alkanes of at least 4 members (excludes halogenated alkanes) is 4. The van der Waals surface area contributed by atoms with Crippen molar-refractivity contribution in [3.8, 4) is 5.75 Å². The van der Waals surface area contributed by atoms with Gasteiger partial charge in [0.1, 0.15) is 0 Å². The number of hydrogen-bond acceptors (Lipinski definition) is 4. The number of carbonyl (C=O) groups excluding carboxylic acids is 1. The van der Waals surface area contributed by atoms with Crippen molar-refractivity contribution >= 4 is 17.6 Å². The highest BCUT2D eigenvalue weighted by Crippen LogP contribution is 2.25. The zero-order valence-electron chi connectivity index (χ0n) is 11.7. The Hall–Kier alpha value is -2.04. The third-order valence-corrected chi connectivity index (χ3v) is 3.00. The molecule has 0 heterocycles. The molecule has 0 radical (unpaired) electrons. The molecule has 1 aromatic carbocycles. The van der Waals surface area contributed by atoms with Crippen LogP contribution in [0.1, 0.15) is 55.8 Å². The summed E-state index contributed by atoms with van der Waals surface area (Å²) in [6, 6.07) is 4.38. The molecule has 0 aliphatic rings. The molecule has 0 amide bonds. The topological polar surface area (TPSA) is 89.6 Å². The quantitative estimate of drug-likeness (QED) is 0.330. The number of carbonyl (C=O) groups is 2. The molecular weight excluding hydrogens is 258 g/mol. The van der Waals surface area contributed by atoms with Gasteiger partial charge in [-0.25, -0.2) is 4.79 Å². The molecule has 3 N–H and O–H groups in total. The predicted octanol–water partition coefficient (Wildman–Crippen LogP) is 3.23. The van der Waals surface area contributed by atoms with Crippen LogP contribution in [0.5, 0.6) is 5.75 Å². The minimum atomic E-state index is -1.14. The van der Waals surface area contributed by atoms with Crippen molar-refractivity contribution in [2.45, 2.75) is 45.4 Å². The van der Waals surface area contributed by atoms with Crippen LogP contribution in [0.4, 0.5) is 5.69 Å². The number of carboxylic acids is 1. The van der Waals surface area contributed by atoms with Gasteiger partial charge in [-0.1, -0.05) is 38.7 Å². The van der Waals surface area contributed by atoms with Gasteiger partial charge in [0.15, 0.2) is 5.75 Å². The number of nitrogens with two attached hydrogens (primary N) is 1. The third-order valence-electron chi connectivity index (χ3n) is 3.00. The van der Waals surface area contributed by atoms with E-state index in [1.54, 1.807) is 0 Å². The lowest BCUT2D eigenvalue weighted by molar-refractivity contribution is -0.134. The first-order chi connectivity index (χ1) is 9.56.